The number of nitrogens with two attached hydrogens (primary N) is 1. The van der Waals surface area contributed by atoms with Gasteiger partial charge in [0.1, 0.15) is 5.82 Å². The van der Waals surface area contributed by atoms with Crippen LogP contribution in [0.25, 0.3) is 11.0 Å². The summed E-state index contributed by atoms with van der Waals surface area (Å²) in [6.45, 7) is 0. The maximum absolute atomic E-state index is 14.0. The number of rotatable bonds is 2. The molecule has 0 saturated heterocycles. The molecule has 1 atom stereocenters. The summed E-state index contributed by atoms with van der Waals surface area (Å²) < 4.78 is 14.0. The first-order valence-corrected chi connectivity index (χ1v) is 8.41. The summed E-state index contributed by atoms with van der Waals surface area (Å²) in [5.41, 5.74) is 8.54. The number of nitrogens with one attached hydrogen (secondary N) is 1. The Bertz CT molecular complexity index is 884. The van der Waals surface area contributed by atoms with Crippen molar-refractivity contribution < 1.29 is 4.39 Å². The van der Waals surface area contributed by atoms with Crippen molar-refractivity contribution in [3.8, 4) is 0 Å². The van der Waals surface area contributed by atoms with Crippen LogP contribution >= 0.6 is 11.8 Å². The smallest absolute Gasteiger partial charge is 0.170 e. The molecule has 0 fully saturated rings. The van der Waals surface area contributed by atoms with Gasteiger partial charge in [-0.25, -0.2) is 14.4 Å². The van der Waals surface area contributed by atoms with E-state index in [-0.39, 0.29) is 11.9 Å². The number of nitrogen functional groups attached to an aromatic ring is 1. The number of fused-ring (bicyclic) bond motifs is 2. The van der Waals surface area contributed by atoms with Crippen molar-refractivity contribution in [1.29, 1.82) is 0 Å². The number of hydrogen-bond acceptors (Lipinski definition) is 5. The van der Waals surface area contributed by atoms with Gasteiger partial charge in [0.15, 0.2) is 11.6 Å². The van der Waals surface area contributed by atoms with E-state index in [1.807, 2.05) is 30.3 Å². The van der Waals surface area contributed by atoms with E-state index in [0.29, 0.717) is 16.5 Å². The Balaban J connectivity index is 1.72. The summed E-state index contributed by atoms with van der Waals surface area (Å²) in [5.74, 6) is 1.60. The van der Waals surface area contributed by atoms with Crippen LogP contribution in [-0.2, 0) is 0 Å². The van der Waals surface area contributed by atoms with Gasteiger partial charge < -0.3 is 11.1 Å². The highest BCUT2D eigenvalue weighted by atomic mass is 32.2. The molecule has 0 saturated carbocycles. The first kappa shape index (κ1) is 14.3. The highest BCUT2D eigenvalue weighted by Gasteiger charge is 2.24. The standard InChI is InChI=1S/C17H15FN4S/c18-11-5-3-4-10-12(8-9-23-15(10)11)21-17-16(19)20-13-6-1-2-7-14(13)22-17/h1-7,12H,8-9H2,(H2,19,20)(H,21,22). The highest BCUT2D eigenvalue weighted by molar-refractivity contribution is 7.99. The summed E-state index contributed by atoms with van der Waals surface area (Å²) in [7, 11) is 0. The van der Waals surface area contributed by atoms with Crippen LogP contribution in [0.3, 0.4) is 0 Å². The molecular formula is C17H15FN4S. The fraction of sp³-hybridized carbons (Fsp3) is 0.176. The summed E-state index contributed by atoms with van der Waals surface area (Å²) in [6.07, 6.45) is 0.884. The van der Waals surface area contributed by atoms with Crippen molar-refractivity contribution in [2.24, 2.45) is 0 Å². The number of nitrogens with zero attached hydrogens (tertiary/aromatic N) is 2. The third-order valence-electron chi connectivity index (χ3n) is 3.93. The van der Waals surface area contributed by atoms with Crippen LogP contribution in [0.4, 0.5) is 16.0 Å². The molecule has 4 nitrogen and oxygen atoms in total. The number of benzene rings is 2. The normalized spacial score (nSPS) is 17.0. The molecule has 1 unspecified atom stereocenters. The van der Waals surface area contributed by atoms with Crippen molar-refractivity contribution in [3.05, 3.63) is 53.8 Å². The number of aromatic nitrogens is 2. The topological polar surface area (TPSA) is 63.8 Å². The second-order valence-corrected chi connectivity index (χ2v) is 6.54. The Kier molecular flexibility index (Phi) is 3.53. The fourth-order valence-corrected chi connectivity index (χ4v) is 3.96. The van der Waals surface area contributed by atoms with Crippen LogP contribution in [0.5, 0.6) is 0 Å². The maximum atomic E-state index is 14.0. The molecule has 6 heteroatoms. The zero-order valence-electron chi connectivity index (χ0n) is 12.3. The molecule has 0 radical (unpaired) electrons. The molecule has 1 aliphatic heterocycles. The summed E-state index contributed by atoms with van der Waals surface area (Å²) in [4.78, 5) is 9.66. The van der Waals surface area contributed by atoms with Gasteiger partial charge in [-0.1, -0.05) is 24.3 Å². The lowest BCUT2D eigenvalue weighted by atomic mass is 10.0. The summed E-state index contributed by atoms with van der Waals surface area (Å²) in [6, 6.07) is 12.8. The minimum Gasteiger partial charge on any atom is -0.381 e. The number of halogens is 1. The molecule has 23 heavy (non-hydrogen) atoms. The predicted molar refractivity (Wildman–Crippen MR) is 92.1 cm³/mol. The van der Waals surface area contributed by atoms with E-state index in [0.717, 1.165) is 28.8 Å². The molecule has 0 bridgehead atoms. The monoisotopic (exact) mass is 326 g/mol. The number of thioether (sulfide) groups is 1. The largest absolute Gasteiger partial charge is 0.381 e. The Morgan fingerprint density at radius 3 is 2.70 bits per heavy atom. The average Bonchev–Trinajstić information content (AvgIpc) is 2.56. The SMILES string of the molecule is Nc1nc2ccccc2nc1NC1CCSc2c(F)cccc21. The van der Waals surface area contributed by atoms with Crippen LogP contribution in [0, 0.1) is 5.82 Å². The van der Waals surface area contributed by atoms with Crippen LogP contribution in [0.2, 0.25) is 0 Å². The zero-order chi connectivity index (χ0) is 15.8. The van der Waals surface area contributed by atoms with Gasteiger partial charge in [-0.2, -0.15) is 0 Å². The van der Waals surface area contributed by atoms with E-state index in [1.165, 1.54) is 6.07 Å². The number of para-hydroxylation sites is 2. The van der Waals surface area contributed by atoms with Gasteiger partial charge in [0, 0.05) is 10.6 Å². The van der Waals surface area contributed by atoms with Crippen molar-refractivity contribution >= 4 is 34.4 Å². The van der Waals surface area contributed by atoms with Crippen molar-refractivity contribution in [1.82, 2.24) is 9.97 Å². The average molecular weight is 326 g/mol. The quantitative estimate of drug-likeness (QED) is 0.745. The van der Waals surface area contributed by atoms with E-state index >= 15 is 0 Å². The van der Waals surface area contributed by atoms with Crippen LogP contribution in [0.1, 0.15) is 18.0 Å². The molecule has 4 rings (SSSR count). The lowest BCUT2D eigenvalue weighted by Gasteiger charge is -2.27. The lowest BCUT2D eigenvalue weighted by Crippen LogP contribution is -2.18. The Morgan fingerprint density at radius 2 is 1.87 bits per heavy atom. The number of anilines is 2. The molecule has 3 aromatic rings. The third-order valence-corrected chi connectivity index (χ3v) is 5.09. The predicted octanol–water partition coefficient (Wildman–Crippen LogP) is 4.00. The summed E-state index contributed by atoms with van der Waals surface area (Å²) in [5, 5.41) is 3.35. The van der Waals surface area contributed by atoms with Gasteiger partial charge in [-0.05, 0) is 30.2 Å². The molecule has 3 N–H and O–H groups in total. The van der Waals surface area contributed by atoms with E-state index in [2.05, 4.69) is 15.3 Å². The molecule has 0 amide bonds. The van der Waals surface area contributed by atoms with Gasteiger partial charge in [0.05, 0.1) is 17.1 Å². The molecule has 1 aromatic heterocycles. The van der Waals surface area contributed by atoms with Crippen LogP contribution < -0.4 is 11.1 Å². The Labute approximate surface area is 137 Å². The first-order valence-electron chi connectivity index (χ1n) is 7.42. The molecule has 0 aliphatic carbocycles. The van der Waals surface area contributed by atoms with Gasteiger partial charge in [-0.3, -0.25) is 0 Å². The fourth-order valence-electron chi connectivity index (χ4n) is 2.82. The van der Waals surface area contributed by atoms with Gasteiger partial charge in [0.2, 0.25) is 0 Å². The third kappa shape index (κ3) is 2.59. The van der Waals surface area contributed by atoms with Gasteiger partial charge in [0.25, 0.3) is 0 Å². The lowest BCUT2D eigenvalue weighted by molar-refractivity contribution is 0.585. The van der Waals surface area contributed by atoms with Gasteiger partial charge >= 0.3 is 0 Å². The molecule has 0 spiro atoms. The molecule has 2 heterocycles. The van der Waals surface area contributed by atoms with Crippen molar-refractivity contribution in [2.45, 2.75) is 17.4 Å². The van der Waals surface area contributed by atoms with Crippen molar-refractivity contribution in [2.75, 3.05) is 16.8 Å². The molecular weight excluding hydrogens is 311 g/mol. The van der Waals surface area contributed by atoms with Crippen LogP contribution in [-0.4, -0.2) is 15.7 Å². The maximum Gasteiger partial charge on any atom is 0.170 e. The highest BCUT2D eigenvalue weighted by Crippen LogP contribution is 2.39. The second kappa shape index (κ2) is 5.70. The zero-order valence-corrected chi connectivity index (χ0v) is 13.1. The second-order valence-electron chi connectivity index (χ2n) is 5.44. The van der Waals surface area contributed by atoms with E-state index < -0.39 is 0 Å². The van der Waals surface area contributed by atoms with Crippen LogP contribution in [0.15, 0.2) is 47.4 Å². The van der Waals surface area contributed by atoms with E-state index in [1.54, 1.807) is 17.8 Å². The molecule has 1 aliphatic rings. The minimum atomic E-state index is -0.170. The molecule has 2 aromatic carbocycles. The summed E-state index contributed by atoms with van der Waals surface area (Å²) >= 11 is 1.55. The Hall–Kier alpha value is -2.34. The van der Waals surface area contributed by atoms with E-state index in [4.69, 9.17) is 5.73 Å². The molecule has 116 valence electrons. The first-order chi connectivity index (χ1) is 11.2. The Morgan fingerprint density at radius 1 is 1.09 bits per heavy atom. The number of hydrogen-bond donors (Lipinski definition) is 2. The van der Waals surface area contributed by atoms with Crippen molar-refractivity contribution in [3.63, 3.8) is 0 Å². The van der Waals surface area contributed by atoms with Gasteiger partial charge in [-0.15, -0.1) is 11.8 Å². The van der Waals surface area contributed by atoms with E-state index in [9.17, 15) is 4.39 Å². The minimum absolute atomic E-state index is 0.0142.